The normalized spacial score (nSPS) is 17.3. The number of aliphatic hydroxyl groups excluding tert-OH is 1. The van der Waals surface area contributed by atoms with Crippen LogP contribution in [0.25, 0.3) is 0 Å². The van der Waals surface area contributed by atoms with Gasteiger partial charge in [0.05, 0.1) is 6.61 Å². The van der Waals surface area contributed by atoms with Crippen molar-refractivity contribution in [3.63, 3.8) is 0 Å². The first-order valence-corrected chi connectivity index (χ1v) is 5.09. The van der Waals surface area contributed by atoms with Gasteiger partial charge in [-0.05, 0) is 0 Å². The third kappa shape index (κ3) is 4.79. The number of aliphatic hydroxyl groups is 1. The predicted octanol–water partition coefficient (Wildman–Crippen LogP) is -1.11. The maximum Gasteiger partial charge on any atom is 0.223 e. The van der Waals surface area contributed by atoms with Crippen LogP contribution >= 0.6 is 12.4 Å². The molecule has 5 nitrogen and oxygen atoms in total. The van der Waals surface area contributed by atoms with Crippen molar-refractivity contribution in [1.82, 2.24) is 9.80 Å². The van der Waals surface area contributed by atoms with Gasteiger partial charge in [0.2, 0.25) is 5.91 Å². The van der Waals surface area contributed by atoms with E-state index < -0.39 is 0 Å². The summed E-state index contributed by atoms with van der Waals surface area (Å²) in [5.41, 5.74) is 5.32. The number of amides is 1. The molecule has 1 aliphatic rings. The van der Waals surface area contributed by atoms with Gasteiger partial charge in [-0.25, -0.2) is 0 Å². The molecule has 0 aromatic heterocycles. The van der Waals surface area contributed by atoms with Gasteiger partial charge in [-0.1, -0.05) is 0 Å². The van der Waals surface area contributed by atoms with Crippen LogP contribution in [0, 0.1) is 0 Å². The van der Waals surface area contributed by atoms with Gasteiger partial charge in [0, 0.05) is 45.7 Å². The van der Waals surface area contributed by atoms with Crippen molar-refractivity contribution < 1.29 is 9.90 Å². The van der Waals surface area contributed by atoms with Crippen LogP contribution in [-0.2, 0) is 4.79 Å². The number of halogens is 1. The summed E-state index contributed by atoms with van der Waals surface area (Å²) in [7, 11) is 0. The molecule has 1 rings (SSSR count). The zero-order valence-electron chi connectivity index (χ0n) is 8.89. The number of piperazine rings is 1. The molecular weight excluding hydrogens is 218 g/mol. The highest BCUT2D eigenvalue weighted by Crippen LogP contribution is 2.02. The number of hydrogen-bond donors (Lipinski definition) is 2. The largest absolute Gasteiger partial charge is 0.395 e. The number of hydrogen-bond acceptors (Lipinski definition) is 4. The molecule has 0 aromatic carbocycles. The van der Waals surface area contributed by atoms with E-state index in [0.29, 0.717) is 19.5 Å². The number of rotatable bonds is 4. The Balaban J connectivity index is 0.00000196. The van der Waals surface area contributed by atoms with E-state index in [1.807, 2.05) is 4.90 Å². The fourth-order valence-corrected chi connectivity index (χ4v) is 1.64. The first-order valence-electron chi connectivity index (χ1n) is 5.09. The molecule has 1 amide bonds. The molecule has 0 aliphatic carbocycles. The Morgan fingerprint density at radius 3 is 2.33 bits per heavy atom. The molecular formula is C9H20ClN3O2. The van der Waals surface area contributed by atoms with Gasteiger partial charge in [0.1, 0.15) is 0 Å². The van der Waals surface area contributed by atoms with Gasteiger partial charge >= 0.3 is 0 Å². The van der Waals surface area contributed by atoms with Crippen molar-refractivity contribution in [2.45, 2.75) is 6.42 Å². The second kappa shape index (κ2) is 7.87. The first kappa shape index (κ1) is 14.6. The summed E-state index contributed by atoms with van der Waals surface area (Å²) in [6.45, 7) is 4.57. The van der Waals surface area contributed by atoms with Gasteiger partial charge in [0.25, 0.3) is 0 Å². The van der Waals surface area contributed by atoms with Gasteiger partial charge in [-0.15, -0.1) is 12.4 Å². The van der Waals surface area contributed by atoms with Crippen LogP contribution in [0.2, 0.25) is 0 Å². The van der Waals surface area contributed by atoms with Gasteiger partial charge < -0.3 is 15.7 Å². The van der Waals surface area contributed by atoms with E-state index in [2.05, 4.69) is 4.90 Å². The number of nitrogens with two attached hydrogens (primary N) is 1. The molecule has 1 heterocycles. The molecule has 0 aromatic rings. The van der Waals surface area contributed by atoms with Crippen LogP contribution in [0.3, 0.4) is 0 Å². The average Bonchev–Trinajstić information content (AvgIpc) is 2.20. The monoisotopic (exact) mass is 237 g/mol. The Morgan fingerprint density at radius 1 is 1.27 bits per heavy atom. The lowest BCUT2D eigenvalue weighted by atomic mass is 10.3. The molecule has 3 N–H and O–H groups in total. The maximum absolute atomic E-state index is 11.4. The lowest BCUT2D eigenvalue weighted by Gasteiger charge is -2.34. The van der Waals surface area contributed by atoms with Gasteiger partial charge in [-0.3, -0.25) is 9.69 Å². The van der Waals surface area contributed by atoms with E-state index in [1.54, 1.807) is 0 Å². The topological polar surface area (TPSA) is 69.8 Å². The molecule has 0 radical (unpaired) electrons. The third-order valence-corrected chi connectivity index (χ3v) is 2.50. The summed E-state index contributed by atoms with van der Waals surface area (Å²) in [6.07, 6.45) is 0.444. The van der Waals surface area contributed by atoms with Crippen molar-refractivity contribution in [3.05, 3.63) is 0 Å². The minimum absolute atomic E-state index is 0. The summed E-state index contributed by atoms with van der Waals surface area (Å²) in [6, 6.07) is 0. The molecule has 1 aliphatic heterocycles. The molecule has 0 bridgehead atoms. The molecule has 6 heteroatoms. The smallest absolute Gasteiger partial charge is 0.223 e. The minimum Gasteiger partial charge on any atom is -0.395 e. The summed E-state index contributed by atoms with van der Waals surface area (Å²) in [5.74, 6) is 0.149. The molecule has 1 fully saturated rings. The zero-order valence-corrected chi connectivity index (χ0v) is 9.71. The lowest BCUT2D eigenvalue weighted by molar-refractivity contribution is -0.132. The minimum atomic E-state index is 0. The maximum atomic E-state index is 11.4. The molecule has 0 saturated carbocycles. The van der Waals surface area contributed by atoms with E-state index in [1.165, 1.54) is 0 Å². The zero-order chi connectivity index (χ0) is 10.4. The summed E-state index contributed by atoms with van der Waals surface area (Å²) in [5, 5.41) is 8.74. The highest BCUT2D eigenvalue weighted by atomic mass is 35.5. The van der Waals surface area contributed by atoms with E-state index in [0.717, 1.165) is 26.2 Å². The Bertz CT molecular complexity index is 184. The Labute approximate surface area is 96.6 Å². The van der Waals surface area contributed by atoms with E-state index in [-0.39, 0.29) is 24.9 Å². The highest BCUT2D eigenvalue weighted by molar-refractivity contribution is 5.85. The predicted molar refractivity (Wildman–Crippen MR) is 61.0 cm³/mol. The third-order valence-electron chi connectivity index (χ3n) is 2.50. The van der Waals surface area contributed by atoms with E-state index in [9.17, 15) is 4.79 Å². The molecule has 0 atom stereocenters. The fraction of sp³-hybridized carbons (Fsp3) is 0.889. The van der Waals surface area contributed by atoms with Gasteiger partial charge in [-0.2, -0.15) is 0 Å². The van der Waals surface area contributed by atoms with Crippen LogP contribution in [0.1, 0.15) is 6.42 Å². The molecule has 0 unspecified atom stereocenters. The Morgan fingerprint density at radius 2 is 1.87 bits per heavy atom. The number of carbonyl (C=O) groups is 1. The fourth-order valence-electron chi connectivity index (χ4n) is 1.64. The number of carbonyl (C=O) groups excluding carboxylic acids is 1. The molecule has 90 valence electrons. The Hall–Kier alpha value is -0.360. The number of nitrogens with zero attached hydrogens (tertiary/aromatic N) is 2. The summed E-state index contributed by atoms with van der Waals surface area (Å²) in [4.78, 5) is 15.4. The van der Waals surface area contributed by atoms with Gasteiger partial charge in [0.15, 0.2) is 0 Å². The summed E-state index contributed by atoms with van der Waals surface area (Å²) < 4.78 is 0. The van der Waals surface area contributed by atoms with Crippen LogP contribution in [0.15, 0.2) is 0 Å². The standard InChI is InChI=1S/C9H19N3O2.ClH/c10-2-1-9(14)12-5-3-11(4-6-12)7-8-13;/h13H,1-8,10H2;1H. The first-order chi connectivity index (χ1) is 6.77. The van der Waals surface area contributed by atoms with Crippen molar-refractivity contribution in [1.29, 1.82) is 0 Å². The van der Waals surface area contributed by atoms with Crippen molar-refractivity contribution >= 4 is 18.3 Å². The molecule has 0 spiro atoms. The second-order valence-corrected chi connectivity index (χ2v) is 3.48. The Kier molecular flexibility index (Phi) is 7.68. The van der Waals surface area contributed by atoms with Crippen molar-refractivity contribution in [3.8, 4) is 0 Å². The van der Waals surface area contributed by atoms with Crippen LogP contribution < -0.4 is 5.73 Å². The summed E-state index contributed by atoms with van der Waals surface area (Å²) >= 11 is 0. The van der Waals surface area contributed by atoms with Crippen LogP contribution in [0.4, 0.5) is 0 Å². The quantitative estimate of drug-likeness (QED) is 0.651. The molecule has 1 saturated heterocycles. The highest BCUT2D eigenvalue weighted by Gasteiger charge is 2.19. The second-order valence-electron chi connectivity index (χ2n) is 3.48. The van der Waals surface area contributed by atoms with E-state index >= 15 is 0 Å². The average molecular weight is 238 g/mol. The molecule has 15 heavy (non-hydrogen) atoms. The SMILES string of the molecule is Cl.NCCC(=O)N1CCN(CCO)CC1. The van der Waals surface area contributed by atoms with E-state index in [4.69, 9.17) is 10.8 Å². The van der Waals surface area contributed by atoms with Crippen molar-refractivity contribution in [2.75, 3.05) is 45.9 Å². The number of β-amino-alcohol motifs (C(OH)–C–C–N with tert-alkyl or cyclic N) is 1. The van der Waals surface area contributed by atoms with Crippen LogP contribution in [-0.4, -0.2) is 66.7 Å². The van der Waals surface area contributed by atoms with Crippen LogP contribution in [0.5, 0.6) is 0 Å². The van der Waals surface area contributed by atoms with Crippen molar-refractivity contribution in [2.24, 2.45) is 5.73 Å². The lowest BCUT2D eigenvalue weighted by Crippen LogP contribution is -2.49.